The van der Waals surface area contributed by atoms with Crippen LogP contribution in [-0.2, 0) is 4.79 Å². The third kappa shape index (κ3) is 2.73. The molecule has 0 aromatic carbocycles. The van der Waals surface area contributed by atoms with Crippen molar-refractivity contribution in [2.24, 2.45) is 0 Å². The van der Waals surface area contributed by atoms with E-state index in [1.54, 1.807) is 29.6 Å². The quantitative estimate of drug-likeness (QED) is 0.732. The molecule has 0 radical (unpaired) electrons. The molecule has 0 atom stereocenters. The van der Waals surface area contributed by atoms with Crippen LogP contribution in [0.2, 0.25) is 0 Å². The van der Waals surface area contributed by atoms with Crippen LogP contribution in [0.15, 0.2) is 18.6 Å². The maximum Gasteiger partial charge on any atom is 0.246 e. The fourth-order valence-corrected chi connectivity index (χ4v) is 1.16. The zero-order chi connectivity index (χ0) is 10.4. The van der Waals surface area contributed by atoms with Crippen molar-refractivity contribution in [2.75, 3.05) is 13.1 Å². The van der Waals surface area contributed by atoms with Crippen LogP contribution < -0.4 is 0 Å². The number of H-pyrrole nitrogens is 1. The van der Waals surface area contributed by atoms with Crippen molar-refractivity contribution < 1.29 is 4.79 Å². The third-order valence-electron chi connectivity index (χ3n) is 2.00. The Hall–Kier alpha value is -1.58. The lowest BCUT2D eigenvalue weighted by Crippen LogP contribution is -2.28. The number of nitrogens with one attached hydrogen (secondary N) is 1. The molecule has 1 heterocycles. The molecule has 1 amide bonds. The van der Waals surface area contributed by atoms with Gasteiger partial charge >= 0.3 is 0 Å². The Morgan fingerprint density at radius 3 is 2.79 bits per heavy atom. The Kier molecular flexibility index (Phi) is 3.91. The Balaban J connectivity index is 2.55. The third-order valence-corrected chi connectivity index (χ3v) is 2.00. The molecule has 0 saturated heterocycles. The summed E-state index contributed by atoms with van der Waals surface area (Å²) in [6.45, 7) is 5.40. The van der Waals surface area contributed by atoms with Gasteiger partial charge in [-0.2, -0.15) is 0 Å². The number of likely N-dealkylation sites (N-methyl/N-ethyl adjacent to an activating group) is 1. The van der Waals surface area contributed by atoms with Gasteiger partial charge in [-0.15, -0.1) is 0 Å². The molecule has 0 fully saturated rings. The Labute approximate surface area is 83.6 Å². The fourth-order valence-electron chi connectivity index (χ4n) is 1.16. The van der Waals surface area contributed by atoms with Crippen molar-refractivity contribution in [2.45, 2.75) is 13.8 Å². The van der Waals surface area contributed by atoms with Crippen LogP contribution in [-0.4, -0.2) is 33.9 Å². The zero-order valence-electron chi connectivity index (χ0n) is 8.53. The normalized spacial score (nSPS) is 10.7. The standard InChI is InChI=1S/C10H15N3O/c1-3-13(4-2)10(14)6-5-9-7-11-8-12-9/h5-8H,3-4H2,1-2H3,(H,11,12). The van der Waals surface area contributed by atoms with Crippen molar-refractivity contribution in [3.8, 4) is 0 Å². The number of aromatic amines is 1. The zero-order valence-corrected chi connectivity index (χ0v) is 8.53. The van der Waals surface area contributed by atoms with E-state index in [0.29, 0.717) is 0 Å². The van der Waals surface area contributed by atoms with Gasteiger partial charge in [0.1, 0.15) is 0 Å². The molecule has 1 N–H and O–H groups in total. The minimum atomic E-state index is 0.0320. The molecule has 0 spiro atoms. The van der Waals surface area contributed by atoms with Crippen LogP contribution in [0.1, 0.15) is 19.5 Å². The lowest BCUT2D eigenvalue weighted by molar-refractivity contribution is -0.125. The Morgan fingerprint density at radius 2 is 2.29 bits per heavy atom. The molecular formula is C10H15N3O. The van der Waals surface area contributed by atoms with Gasteiger partial charge in [0.2, 0.25) is 5.91 Å². The van der Waals surface area contributed by atoms with Crippen LogP contribution in [0, 0.1) is 0 Å². The van der Waals surface area contributed by atoms with E-state index < -0.39 is 0 Å². The summed E-state index contributed by atoms with van der Waals surface area (Å²) in [5, 5.41) is 0. The number of hydrogen-bond acceptors (Lipinski definition) is 2. The van der Waals surface area contributed by atoms with Crippen molar-refractivity contribution in [3.05, 3.63) is 24.3 Å². The minimum Gasteiger partial charge on any atom is -0.345 e. The number of rotatable bonds is 4. The van der Waals surface area contributed by atoms with Gasteiger partial charge in [0.25, 0.3) is 0 Å². The van der Waals surface area contributed by atoms with Gasteiger partial charge in [-0.1, -0.05) is 0 Å². The van der Waals surface area contributed by atoms with Gasteiger partial charge in [-0.3, -0.25) is 4.79 Å². The van der Waals surface area contributed by atoms with Gasteiger partial charge in [-0.05, 0) is 19.9 Å². The molecule has 1 aromatic rings. The average molecular weight is 193 g/mol. The predicted octanol–water partition coefficient (Wildman–Crippen LogP) is 1.29. The second-order valence-corrected chi connectivity index (χ2v) is 2.85. The average Bonchev–Trinajstić information content (AvgIpc) is 2.69. The lowest BCUT2D eigenvalue weighted by atomic mass is 10.3. The highest BCUT2D eigenvalue weighted by molar-refractivity contribution is 5.91. The molecule has 1 aromatic heterocycles. The predicted molar refractivity (Wildman–Crippen MR) is 55.5 cm³/mol. The molecule has 14 heavy (non-hydrogen) atoms. The monoisotopic (exact) mass is 193 g/mol. The van der Waals surface area contributed by atoms with Crippen LogP contribution in [0.5, 0.6) is 0 Å². The Bertz CT molecular complexity index is 299. The van der Waals surface area contributed by atoms with Crippen molar-refractivity contribution in [3.63, 3.8) is 0 Å². The van der Waals surface area contributed by atoms with Gasteiger partial charge in [0.05, 0.1) is 18.2 Å². The van der Waals surface area contributed by atoms with E-state index in [4.69, 9.17) is 0 Å². The molecule has 0 aliphatic heterocycles. The second-order valence-electron chi connectivity index (χ2n) is 2.85. The second kappa shape index (κ2) is 5.21. The maximum atomic E-state index is 11.5. The van der Waals surface area contributed by atoms with Crippen LogP contribution in [0.4, 0.5) is 0 Å². The highest BCUT2D eigenvalue weighted by Gasteiger charge is 2.04. The molecule has 76 valence electrons. The van der Waals surface area contributed by atoms with E-state index in [1.165, 1.54) is 0 Å². The van der Waals surface area contributed by atoms with Gasteiger partial charge < -0.3 is 9.88 Å². The fraction of sp³-hybridized carbons (Fsp3) is 0.400. The van der Waals surface area contributed by atoms with Gasteiger partial charge in [0.15, 0.2) is 0 Å². The van der Waals surface area contributed by atoms with Crippen molar-refractivity contribution in [1.82, 2.24) is 14.9 Å². The SMILES string of the molecule is CCN(CC)C(=O)C=Cc1cnc[nH]1. The molecule has 1 rings (SSSR count). The first-order valence-electron chi connectivity index (χ1n) is 4.73. The number of amides is 1. The van der Waals surface area contributed by atoms with Crippen molar-refractivity contribution in [1.29, 1.82) is 0 Å². The highest BCUT2D eigenvalue weighted by atomic mass is 16.2. The summed E-state index contributed by atoms with van der Waals surface area (Å²) in [5.74, 6) is 0.0320. The van der Waals surface area contributed by atoms with E-state index in [1.807, 2.05) is 13.8 Å². The first-order chi connectivity index (χ1) is 6.77. The summed E-state index contributed by atoms with van der Waals surface area (Å²) in [4.78, 5) is 20.0. The van der Waals surface area contributed by atoms with Crippen LogP contribution >= 0.6 is 0 Å². The van der Waals surface area contributed by atoms with E-state index in [9.17, 15) is 4.79 Å². The summed E-state index contributed by atoms with van der Waals surface area (Å²) in [6.07, 6.45) is 6.54. The van der Waals surface area contributed by atoms with Gasteiger partial charge in [0, 0.05) is 19.2 Å². The summed E-state index contributed by atoms with van der Waals surface area (Å²) in [6, 6.07) is 0. The number of imidazole rings is 1. The van der Waals surface area contributed by atoms with E-state index in [0.717, 1.165) is 18.8 Å². The van der Waals surface area contributed by atoms with Gasteiger partial charge in [-0.25, -0.2) is 4.98 Å². The number of aromatic nitrogens is 2. The first kappa shape index (κ1) is 10.5. The molecule has 0 bridgehead atoms. The van der Waals surface area contributed by atoms with E-state index >= 15 is 0 Å². The topological polar surface area (TPSA) is 49.0 Å². The molecular weight excluding hydrogens is 178 g/mol. The molecule has 4 nitrogen and oxygen atoms in total. The smallest absolute Gasteiger partial charge is 0.246 e. The Morgan fingerprint density at radius 1 is 1.57 bits per heavy atom. The maximum absolute atomic E-state index is 11.5. The van der Waals surface area contributed by atoms with Crippen LogP contribution in [0.25, 0.3) is 6.08 Å². The van der Waals surface area contributed by atoms with E-state index in [2.05, 4.69) is 9.97 Å². The molecule has 4 heteroatoms. The summed E-state index contributed by atoms with van der Waals surface area (Å²) in [5.41, 5.74) is 0.838. The number of carbonyl (C=O) groups is 1. The molecule has 0 saturated carbocycles. The summed E-state index contributed by atoms with van der Waals surface area (Å²) >= 11 is 0. The first-order valence-corrected chi connectivity index (χ1v) is 4.73. The molecule has 0 aliphatic rings. The lowest BCUT2D eigenvalue weighted by Gasteiger charge is -2.15. The van der Waals surface area contributed by atoms with Crippen molar-refractivity contribution >= 4 is 12.0 Å². The van der Waals surface area contributed by atoms with Crippen LogP contribution in [0.3, 0.4) is 0 Å². The summed E-state index contributed by atoms with van der Waals surface area (Å²) in [7, 11) is 0. The number of hydrogen-bond donors (Lipinski definition) is 1. The highest BCUT2D eigenvalue weighted by Crippen LogP contribution is 1.97. The minimum absolute atomic E-state index is 0.0320. The molecule has 0 unspecified atom stereocenters. The largest absolute Gasteiger partial charge is 0.345 e. The number of carbonyl (C=O) groups excluding carboxylic acids is 1. The summed E-state index contributed by atoms with van der Waals surface area (Å²) < 4.78 is 0. The number of nitrogens with zero attached hydrogens (tertiary/aromatic N) is 2. The molecule has 0 aliphatic carbocycles. The van der Waals surface area contributed by atoms with E-state index in [-0.39, 0.29) is 5.91 Å².